The van der Waals surface area contributed by atoms with Crippen molar-refractivity contribution in [2.24, 2.45) is 12.8 Å². The van der Waals surface area contributed by atoms with Crippen LogP contribution in [-0.2, 0) is 13.6 Å². The van der Waals surface area contributed by atoms with Crippen molar-refractivity contribution in [2.45, 2.75) is 13.5 Å². The zero-order valence-corrected chi connectivity index (χ0v) is 10.8. The number of hydrogen-bond acceptors (Lipinski definition) is 3. The van der Waals surface area contributed by atoms with Gasteiger partial charge in [-0.3, -0.25) is 4.68 Å². The Kier molecular flexibility index (Phi) is 3.34. The van der Waals surface area contributed by atoms with E-state index in [0.717, 1.165) is 17.1 Å². The van der Waals surface area contributed by atoms with Crippen molar-refractivity contribution < 1.29 is 4.39 Å². The second kappa shape index (κ2) is 4.78. The molecule has 5 heteroatoms. The monoisotopic (exact) mass is 248 g/mol. The standard InChI is InChI=1S/C13H17FN4/c1-9-10(8-15)13(18(3)16-9)17(2)12-7-5-4-6-11(12)14/h4-7H,8,15H2,1-3H3. The maximum Gasteiger partial charge on any atom is 0.146 e. The van der Waals surface area contributed by atoms with E-state index in [-0.39, 0.29) is 5.82 Å². The molecule has 0 fully saturated rings. The molecule has 2 rings (SSSR count). The third-order valence-corrected chi connectivity index (χ3v) is 3.05. The number of halogens is 1. The van der Waals surface area contributed by atoms with Gasteiger partial charge in [-0.15, -0.1) is 0 Å². The van der Waals surface area contributed by atoms with E-state index >= 15 is 0 Å². The molecule has 0 unspecified atom stereocenters. The van der Waals surface area contributed by atoms with Crippen LogP contribution in [0.15, 0.2) is 24.3 Å². The molecule has 0 spiro atoms. The van der Waals surface area contributed by atoms with Crippen LogP contribution < -0.4 is 10.6 Å². The summed E-state index contributed by atoms with van der Waals surface area (Å²) in [5.74, 6) is 0.557. The van der Waals surface area contributed by atoms with Crippen LogP contribution in [0.4, 0.5) is 15.9 Å². The van der Waals surface area contributed by atoms with Gasteiger partial charge in [-0.2, -0.15) is 5.10 Å². The summed E-state index contributed by atoms with van der Waals surface area (Å²) >= 11 is 0. The Balaban J connectivity index is 2.53. The SMILES string of the molecule is Cc1nn(C)c(N(C)c2ccccc2F)c1CN. The van der Waals surface area contributed by atoms with Crippen molar-refractivity contribution in [1.82, 2.24) is 9.78 Å². The van der Waals surface area contributed by atoms with Gasteiger partial charge < -0.3 is 10.6 Å². The molecule has 0 radical (unpaired) electrons. The number of nitrogens with two attached hydrogens (primary N) is 1. The highest BCUT2D eigenvalue weighted by atomic mass is 19.1. The van der Waals surface area contributed by atoms with Crippen molar-refractivity contribution in [3.8, 4) is 0 Å². The molecule has 0 bridgehead atoms. The van der Waals surface area contributed by atoms with Crippen LogP contribution in [0.2, 0.25) is 0 Å². The topological polar surface area (TPSA) is 47.1 Å². The van der Waals surface area contributed by atoms with E-state index in [1.54, 1.807) is 27.8 Å². The van der Waals surface area contributed by atoms with Crippen molar-refractivity contribution in [3.63, 3.8) is 0 Å². The first kappa shape index (κ1) is 12.6. The molecule has 0 amide bonds. The van der Waals surface area contributed by atoms with E-state index < -0.39 is 0 Å². The lowest BCUT2D eigenvalue weighted by atomic mass is 10.2. The fourth-order valence-electron chi connectivity index (χ4n) is 2.19. The van der Waals surface area contributed by atoms with E-state index in [1.165, 1.54) is 6.07 Å². The number of aromatic nitrogens is 2. The van der Waals surface area contributed by atoms with Crippen molar-refractivity contribution >= 4 is 11.5 Å². The Hall–Kier alpha value is -1.88. The van der Waals surface area contributed by atoms with Crippen LogP contribution in [0.5, 0.6) is 0 Å². The number of hydrogen-bond donors (Lipinski definition) is 1. The third kappa shape index (κ3) is 1.97. The van der Waals surface area contributed by atoms with Gasteiger partial charge in [0.05, 0.1) is 11.4 Å². The summed E-state index contributed by atoms with van der Waals surface area (Å²) in [5, 5.41) is 4.33. The first-order chi connectivity index (χ1) is 8.56. The lowest BCUT2D eigenvalue weighted by Crippen LogP contribution is -2.17. The fourth-order valence-corrected chi connectivity index (χ4v) is 2.19. The highest BCUT2D eigenvalue weighted by Crippen LogP contribution is 2.29. The van der Waals surface area contributed by atoms with Crippen LogP contribution in [0.1, 0.15) is 11.3 Å². The smallest absolute Gasteiger partial charge is 0.146 e. The lowest BCUT2D eigenvalue weighted by Gasteiger charge is -2.21. The molecule has 1 aromatic heterocycles. The van der Waals surface area contributed by atoms with Crippen molar-refractivity contribution in [1.29, 1.82) is 0 Å². The summed E-state index contributed by atoms with van der Waals surface area (Å²) in [6.07, 6.45) is 0. The largest absolute Gasteiger partial charge is 0.327 e. The number of para-hydroxylation sites is 1. The molecule has 4 nitrogen and oxygen atoms in total. The lowest BCUT2D eigenvalue weighted by molar-refractivity contribution is 0.625. The van der Waals surface area contributed by atoms with E-state index in [4.69, 9.17) is 5.73 Å². The highest BCUT2D eigenvalue weighted by molar-refractivity contribution is 5.63. The van der Waals surface area contributed by atoms with E-state index in [0.29, 0.717) is 12.2 Å². The molecule has 0 aliphatic heterocycles. The first-order valence-electron chi connectivity index (χ1n) is 5.77. The van der Waals surface area contributed by atoms with E-state index in [2.05, 4.69) is 5.10 Å². The van der Waals surface area contributed by atoms with E-state index in [9.17, 15) is 4.39 Å². The van der Waals surface area contributed by atoms with E-state index in [1.807, 2.05) is 21.0 Å². The average molecular weight is 248 g/mol. The zero-order chi connectivity index (χ0) is 13.3. The molecular formula is C13H17FN4. The summed E-state index contributed by atoms with van der Waals surface area (Å²) in [7, 11) is 3.65. The van der Waals surface area contributed by atoms with Gasteiger partial charge >= 0.3 is 0 Å². The Morgan fingerprint density at radius 2 is 2.06 bits per heavy atom. The Labute approximate surface area is 106 Å². The maximum atomic E-state index is 13.8. The van der Waals surface area contributed by atoms with Crippen LogP contribution in [0.25, 0.3) is 0 Å². The predicted octanol–water partition coefficient (Wildman–Crippen LogP) is 2.09. The van der Waals surface area contributed by atoms with Gasteiger partial charge in [0.1, 0.15) is 11.6 Å². The molecule has 0 atom stereocenters. The molecule has 96 valence electrons. The molecule has 1 heterocycles. The molecule has 0 aliphatic carbocycles. The molecular weight excluding hydrogens is 231 g/mol. The highest BCUT2D eigenvalue weighted by Gasteiger charge is 2.18. The van der Waals surface area contributed by atoms with Crippen molar-refractivity contribution in [3.05, 3.63) is 41.3 Å². The molecule has 2 N–H and O–H groups in total. The minimum atomic E-state index is -0.262. The number of nitrogens with zero attached hydrogens (tertiary/aromatic N) is 3. The number of benzene rings is 1. The minimum Gasteiger partial charge on any atom is -0.327 e. The number of aryl methyl sites for hydroxylation is 2. The van der Waals surface area contributed by atoms with Crippen LogP contribution in [0, 0.1) is 12.7 Å². The van der Waals surface area contributed by atoms with Gasteiger partial charge in [-0.05, 0) is 19.1 Å². The minimum absolute atomic E-state index is 0.262. The summed E-state index contributed by atoms with van der Waals surface area (Å²) in [6.45, 7) is 2.29. The summed E-state index contributed by atoms with van der Waals surface area (Å²) in [6, 6.07) is 6.65. The van der Waals surface area contributed by atoms with Crippen LogP contribution in [-0.4, -0.2) is 16.8 Å². The molecule has 0 saturated carbocycles. The van der Waals surface area contributed by atoms with Gasteiger partial charge in [-0.25, -0.2) is 4.39 Å². The molecule has 0 aliphatic rings. The van der Waals surface area contributed by atoms with Crippen LogP contribution in [0.3, 0.4) is 0 Å². The summed E-state index contributed by atoms with van der Waals surface area (Å²) < 4.78 is 15.5. The van der Waals surface area contributed by atoms with Gasteiger partial charge in [0.15, 0.2) is 0 Å². The van der Waals surface area contributed by atoms with Crippen molar-refractivity contribution in [2.75, 3.05) is 11.9 Å². The Morgan fingerprint density at radius 3 is 2.67 bits per heavy atom. The molecule has 1 aromatic carbocycles. The van der Waals surface area contributed by atoms with Gasteiger partial charge in [0, 0.05) is 26.2 Å². The Morgan fingerprint density at radius 1 is 1.39 bits per heavy atom. The van der Waals surface area contributed by atoms with Gasteiger partial charge in [-0.1, -0.05) is 12.1 Å². The van der Waals surface area contributed by atoms with Gasteiger partial charge in [0.25, 0.3) is 0 Å². The average Bonchev–Trinajstić information content (AvgIpc) is 2.63. The quantitative estimate of drug-likeness (QED) is 0.904. The normalized spacial score (nSPS) is 10.7. The predicted molar refractivity (Wildman–Crippen MR) is 70.3 cm³/mol. The molecule has 18 heavy (non-hydrogen) atoms. The first-order valence-corrected chi connectivity index (χ1v) is 5.77. The number of rotatable bonds is 3. The Bertz CT molecular complexity index is 562. The molecule has 2 aromatic rings. The third-order valence-electron chi connectivity index (χ3n) is 3.05. The second-order valence-corrected chi connectivity index (χ2v) is 4.23. The summed E-state index contributed by atoms with van der Waals surface area (Å²) in [5.41, 5.74) is 8.06. The second-order valence-electron chi connectivity index (χ2n) is 4.23. The molecule has 0 saturated heterocycles. The maximum absolute atomic E-state index is 13.8. The summed E-state index contributed by atoms with van der Waals surface area (Å²) in [4.78, 5) is 1.78. The van der Waals surface area contributed by atoms with Crippen LogP contribution >= 0.6 is 0 Å². The zero-order valence-electron chi connectivity index (χ0n) is 10.8. The fraction of sp³-hybridized carbons (Fsp3) is 0.308. The number of anilines is 2. The van der Waals surface area contributed by atoms with Gasteiger partial charge in [0.2, 0.25) is 0 Å².